The Labute approximate surface area is 202 Å². The monoisotopic (exact) mass is 525 g/mol. The number of benzene rings is 2. The predicted molar refractivity (Wildman–Crippen MR) is 118 cm³/mol. The SMILES string of the molecule is Cc1nc(-c2ccccc2)c(C(=O)NC(Cc2ccc(OS(=O)(=O)C(F)(F)F)cc2)C(=O)C(N)=O)o1. The second-order valence-corrected chi connectivity index (χ2v) is 8.90. The molecule has 10 nitrogen and oxygen atoms in total. The third kappa shape index (κ3) is 6.07. The van der Waals surface area contributed by atoms with Crippen LogP contribution in [-0.2, 0) is 26.1 Å². The molecule has 36 heavy (non-hydrogen) atoms. The Kier molecular flexibility index (Phi) is 7.48. The molecule has 0 aliphatic heterocycles. The molecule has 1 aromatic heterocycles. The lowest BCUT2D eigenvalue weighted by molar-refractivity contribution is -0.137. The average molecular weight is 525 g/mol. The highest BCUT2D eigenvalue weighted by atomic mass is 32.2. The zero-order chi connectivity index (χ0) is 26.7. The van der Waals surface area contributed by atoms with Crippen molar-refractivity contribution in [1.82, 2.24) is 10.3 Å². The van der Waals surface area contributed by atoms with Gasteiger partial charge in [-0.3, -0.25) is 14.4 Å². The van der Waals surface area contributed by atoms with Gasteiger partial charge in [0.1, 0.15) is 17.5 Å². The van der Waals surface area contributed by atoms with Gasteiger partial charge in [0.25, 0.3) is 11.8 Å². The molecule has 0 aliphatic rings. The molecule has 1 heterocycles. The smallest absolute Gasteiger partial charge is 0.435 e. The van der Waals surface area contributed by atoms with Crippen molar-refractivity contribution in [2.24, 2.45) is 5.73 Å². The maximum absolute atomic E-state index is 12.9. The summed E-state index contributed by atoms with van der Waals surface area (Å²) in [6.07, 6.45) is -0.312. The second-order valence-electron chi connectivity index (χ2n) is 7.36. The topological polar surface area (TPSA) is 159 Å². The Balaban J connectivity index is 1.82. The summed E-state index contributed by atoms with van der Waals surface area (Å²) in [5.41, 5.74) is 0.471. The third-order valence-electron chi connectivity index (χ3n) is 4.70. The fourth-order valence-electron chi connectivity index (χ4n) is 3.07. The molecule has 3 rings (SSSR count). The summed E-state index contributed by atoms with van der Waals surface area (Å²) in [7, 11) is -5.87. The van der Waals surface area contributed by atoms with E-state index >= 15 is 0 Å². The molecule has 3 N–H and O–H groups in total. The van der Waals surface area contributed by atoms with Gasteiger partial charge < -0.3 is 19.7 Å². The number of aromatic nitrogens is 1. The van der Waals surface area contributed by atoms with Crippen LogP contribution >= 0.6 is 0 Å². The van der Waals surface area contributed by atoms with Gasteiger partial charge in [-0.25, -0.2) is 4.98 Å². The fraction of sp³-hybridized carbons (Fsp3) is 0.182. The van der Waals surface area contributed by atoms with E-state index in [2.05, 4.69) is 14.5 Å². The first-order valence-corrected chi connectivity index (χ1v) is 11.5. The van der Waals surface area contributed by atoms with Crippen LogP contribution in [0.3, 0.4) is 0 Å². The summed E-state index contributed by atoms with van der Waals surface area (Å²) in [6, 6.07) is 11.2. The summed E-state index contributed by atoms with van der Waals surface area (Å²) >= 11 is 0. The molecule has 0 fully saturated rings. The first-order chi connectivity index (χ1) is 16.8. The van der Waals surface area contributed by atoms with Crippen LogP contribution in [0, 0.1) is 6.92 Å². The van der Waals surface area contributed by atoms with Crippen LogP contribution in [0.15, 0.2) is 59.0 Å². The van der Waals surface area contributed by atoms with Crippen molar-refractivity contribution >= 4 is 27.7 Å². The number of aryl methyl sites for hydroxylation is 1. The maximum Gasteiger partial charge on any atom is 0.534 e. The summed E-state index contributed by atoms with van der Waals surface area (Å²) in [4.78, 5) is 41.0. The average Bonchev–Trinajstić information content (AvgIpc) is 3.20. The first-order valence-electron chi connectivity index (χ1n) is 10.1. The molecule has 190 valence electrons. The van der Waals surface area contributed by atoms with Crippen molar-refractivity contribution in [3.05, 3.63) is 71.8 Å². The highest BCUT2D eigenvalue weighted by Gasteiger charge is 2.48. The van der Waals surface area contributed by atoms with Gasteiger partial charge in [-0.15, -0.1) is 0 Å². The summed E-state index contributed by atoms with van der Waals surface area (Å²) in [6.45, 7) is 1.51. The summed E-state index contributed by atoms with van der Waals surface area (Å²) in [5.74, 6) is -4.05. The summed E-state index contributed by atoms with van der Waals surface area (Å²) < 4.78 is 69.1. The van der Waals surface area contributed by atoms with E-state index in [1.165, 1.54) is 6.92 Å². The zero-order valence-electron chi connectivity index (χ0n) is 18.4. The number of alkyl halides is 3. The third-order valence-corrected chi connectivity index (χ3v) is 5.68. The maximum atomic E-state index is 12.9. The van der Waals surface area contributed by atoms with Gasteiger partial charge in [0.2, 0.25) is 11.5 Å². The molecule has 1 unspecified atom stereocenters. The predicted octanol–water partition coefficient (Wildman–Crippen LogP) is 2.27. The van der Waals surface area contributed by atoms with Crippen LogP contribution in [0.2, 0.25) is 0 Å². The van der Waals surface area contributed by atoms with Crippen molar-refractivity contribution in [3.8, 4) is 17.0 Å². The number of hydrogen-bond donors (Lipinski definition) is 2. The molecule has 0 radical (unpaired) electrons. The number of primary amides is 1. The number of nitrogens with one attached hydrogen (secondary N) is 1. The van der Waals surface area contributed by atoms with E-state index in [1.54, 1.807) is 30.3 Å². The number of nitrogens with zero attached hydrogens (tertiary/aromatic N) is 1. The van der Waals surface area contributed by atoms with E-state index in [9.17, 15) is 36.0 Å². The van der Waals surface area contributed by atoms with E-state index < -0.39 is 45.0 Å². The van der Waals surface area contributed by atoms with Gasteiger partial charge in [-0.2, -0.15) is 21.6 Å². The van der Waals surface area contributed by atoms with Crippen LogP contribution in [-0.4, -0.2) is 42.5 Å². The summed E-state index contributed by atoms with van der Waals surface area (Å²) in [5, 5.41) is 2.36. The van der Waals surface area contributed by atoms with Gasteiger partial charge in [0.05, 0.1) is 0 Å². The zero-order valence-corrected chi connectivity index (χ0v) is 19.2. The number of carbonyl (C=O) groups is 3. The molecule has 2 aromatic carbocycles. The van der Waals surface area contributed by atoms with E-state index in [1.807, 2.05) is 0 Å². The van der Waals surface area contributed by atoms with Crippen molar-refractivity contribution in [2.75, 3.05) is 0 Å². The number of Topliss-reactive ketones (excluding diaryl/α,β-unsaturated/α-hetero) is 1. The number of rotatable bonds is 9. The van der Waals surface area contributed by atoms with Crippen LogP contribution < -0.4 is 15.2 Å². The minimum atomic E-state index is -5.87. The number of ketones is 1. The molecule has 0 spiro atoms. The number of nitrogens with two attached hydrogens (primary N) is 1. The van der Waals surface area contributed by atoms with Crippen LogP contribution in [0.25, 0.3) is 11.3 Å². The van der Waals surface area contributed by atoms with Gasteiger partial charge in [0.15, 0.2) is 5.89 Å². The standard InChI is InChI=1S/C22H18F3N3O7S/c1-12-27-17(14-5-3-2-4-6-14)19(34-12)21(31)28-16(18(29)20(26)30)11-13-7-9-15(10-8-13)35-36(32,33)22(23,24)25/h2-10,16H,11H2,1H3,(H2,26,30)(H,28,31). The number of halogens is 3. The number of amides is 2. The van der Waals surface area contributed by atoms with Gasteiger partial charge in [0, 0.05) is 18.9 Å². The van der Waals surface area contributed by atoms with Gasteiger partial charge in [-0.05, 0) is 17.7 Å². The quantitative estimate of drug-likeness (QED) is 0.245. The highest BCUT2D eigenvalue weighted by molar-refractivity contribution is 7.88. The van der Waals surface area contributed by atoms with Gasteiger partial charge >= 0.3 is 15.6 Å². The van der Waals surface area contributed by atoms with Crippen molar-refractivity contribution in [3.63, 3.8) is 0 Å². The Morgan fingerprint density at radius 1 is 1.08 bits per heavy atom. The molecule has 14 heteroatoms. The number of oxazole rings is 1. The Morgan fingerprint density at radius 3 is 2.25 bits per heavy atom. The minimum absolute atomic E-state index is 0.168. The lowest BCUT2D eigenvalue weighted by Crippen LogP contribution is -2.47. The lowest BCUT2D eigenvalue weighted by Gasteiger charge is -2.16. The molecule has 0 bridgehead atoms. The first kappa shape index (κ1) is 26.4. The lowest BCUT2D eigenvalue weighted by atomic mass is 10.0. The minimum Gasteiger partial charge on any atom is -0.435 e. The second kappa shape index (κ2) is 10.2. The fourth-order valence-corrected chi connectivity index (χ4v) is 3.53. The number of carbonyl (C=O) groups excluding carboxylic acids is 3. The van der Waals surface area contributed by atoms with E-state index in [0.29, 0.717) is 5.56 Å². The van der Waals surface area contributed by atoms with Crippen LogP contribution in [0.5, 0.6) is 5.75 Å². The van der Waals surface area contributed by atoms with Crippen LogP contribution in [0.4, 0.5) is 13.2 Å². The molecular formula is C22H18F3N3O7S. The molecule has 0 saturated carbocycles. The largest absolute Gasteiger partial charge is 0.534 e. The molecule has 2 amide bonds. The van der Waals surface area contributed by atoms with Crippen molar-refractivity contribution in [2.45, 2.75) is 24.9 Å². The Hall–Kier alpha value is -4.20. The Bertz CT molecular complexity index is 1390. The van der Waals surface area contributed by atoms with Gasteiger partial charge in [-0.1, -0.05) is 42.5 Å². The molecule has 3 aromatic rings. The molecule has 0 aliphatic carbocycles. The van der Waals surface area contributed by atoms with E-state index in [-0.39, 0.29) is 29.3 Å². The molecule has 0 saturated heterocycles. The van der Waals surface area contributed by atoms with E-state index in [0.717, 1.165) is 24.3 Å². The van der Waals surface area contributed by atoms with Crippen molar-refractivity contribution < 1.29 is 44.6 Å². The number of hydrogen-bond acceptors (Lipinski definition) is 8. The highest BCUT2D eigenvalue weighted by Crippen LogP contribution is 2.27. The molecule has 1 atom stereocenters. The normalized spacial score (nSPS) is 12.6. The van der Waals surface area contributed by atoms with E-state index in [4.69, 9.17) is 10.2 Å². The van der Waals surface area contributed by atoms with Crippen molar-refractivity contribution in [1.29, 1.82) is 0 Å². The Morgan fingerprint density at radius 2 is 1.69 bits per heavy atom. The van der Waals surface area contributed by atoms with Crippen LogP contribution in [0.1, 0.15) is 22.0 Å². The molecular weight excluding hydrogens is 507 g/mol.